The first-order chi connectivity index (χ1) is 20.0. The van der Waals surface area contributed by atoms with Crippen molar-refractivity contribution < 1.29 is 4.74 Å². The monoisotopic (exact) mass is 552 g/mol. The van der Waals surface area contributed by atoms with Crippen LogP contribution < -0.4 is 15.0 Å². The minimum Gasteiger partial charge on any atom is -0.457 e. The molecule has 214 valence electrons. The summed E-state index contributed by atoms with van der Waals surface area (Å²) in [4.78, 5) is 21.2. The van der Waals surface area contributed by atoms with Crippen LogP contribution >= 0.6 is 0 Å². The lowest BCUT2D eigenvalue weighted by Crippen LogP contribution is -2.31. The van der Waals surface area contributed by atoms with Gasteiger partial charge in [-0.25, -0.2) is 24.5 Å². The standard InChI is InChI=1S/C32H40N8O/c1-6-9-14-39(19-22(4)8-3)32-24(10-7-2)17-27-30(38-32)31(35-20-33-27)37-25-11-12-28(23(5)16-25)41-26-13-15-40-29(18-26)34-21-36-40/h11-13,15-18,20-22H,6-10,14,19H2,1-5H3,(H,33,35,37). The molecule has 1 N–H and O–H groups in total. The third kappa shape index (κ3) is 6.56. The summed E-state index contributed by atoms with van der Waals surface area (Å²) in [6.45, 7) is 13.1. The van der Waals surface area contributed by atoms with Crippen LogP contribution in [-0.2, 0) is 6.42 Å². The minimum absolute atomic E-state index is 0.588. The maximum atomic E-state index is 6.16. The van der Waals surface area contributed by atoms with Crippen molar-refractivity contribution in [2.45, 2.75) is 66.7 Å². The Labute approximate surface area is 242 Å². The Hall–Kier alpha value is -4.27. The molecule has 0 radical (unpaired) electrons. The first-order valence-electron chi connectivity index (χ1n) is 14.7. The Morgan fingerprint density at radius 1 is 1.00 bits per heavy atom. The van der Waals surface area contributed by atoms with E-state index >= 15 is 0 Å². The molecule has 0 bridgehead atoms. The van der Waals surface area contributed by atoms with E-state index in [1.165, 1.54) is 11.9 Å². The molecule has 1 atom stereocenters. The molecular weight excluding hydrogens is 512 g/mol. The number of nitrogens with one attached hydrogen (secondary N) is 1. The predicted octanol–water partition coefficient (Wildman–Crippen LogP) is 7.52. The minimum atomic E-state index is 0.588. The average Bonchev–Trinajstić information content (AvgIpc) is 3.45. The number of ether oxygens (including phenoxy) is 1. The summed E-state index contributed by atoms with van der Waals surface area (Å²) >= 11 is 0. The van der Waals surface area contributed by atoms with E-state index in [4.69, 9.17) is 9.72 Å². The van der Waals surface area contributed by atoms with Gasteiger partial charge in [-0.15, -0.1) is 0 Å². The van der Waals surface area contributed by atoms with Gasteiger partial charge in [-0.1, -0.05) is 47.0 Å². The lowest BCUT2D eigenvalue weighted by atomic mass is 10.1. The molecule has 0 aliphatic heterocycles. The van der Waals surface area contributed by atoms with Crippen molar-refractivity contribution >= 4 is 34.0 Å². The molecule has 0 spiro atoms. The van der Waals surface area contributed by atoms with Gasteiger partial charge < -0.3 is 15.0 Å². The summed E-state index contributed by atoms with van der Waals surface area (Å²) in [5, 5.41) is 7.64. The molecule has 9 heteroatoms. The van der Waals surface area contributed by atoms with E-state index in [1.807, 2.05) is 37.4 Å². The molecular formula is C32H40N8O. The van der Waals surface area contributed by atoms with Gasteiger partial charge >= 0.3 is 0 Å². The predicted molar refractivity (Wildman–Crippen MR) is 165 cm³/mol. The lowest BCUT2D eigenvalue weighted by molar-refractivity contribution is 0.478. The maximum Gasteiger partial charge on any atom is 0.160 e. The maximum absolute atomic E-state index is 6.16. The second-order valence-corrected chi connectivity index (χ2v) is 10.8. The zero-order valence-corrected chi connectivity index (χ0v) is 24.8. The SMILES string of the molecule is CCCCN(CC(C)CC)c1nc2c(Nc3ccc(Oc4ccn5ncnc5c4)c(C)c3)ncnc2cc1CCC. The fourth-order valence-electron chi connectivity index (χ4n) is 4.94. The number of nitrogens with zero attached hydrogens (tertiary/aromatic N) is 7. The van der Waals surface area contributed by atoms with E-state index < -0.39 is 0 Å². The van der Waals surface area contributed by atoms with E-state index in [1.54, 1.807) is 10.8 Å². The van der Waals surface area contributed by atoms with Gasteiger partial charge in [0.1, 0.15) is 35.5 Å². The van der Waals surface area contributed by atoms with Gasteiger partial charge in [0.15, 0.2) is 11.5 Å². The van der Waals surface area contributed by atoms with Crippen LogP contribution in [0.2, 0.25) is 0 Å². The molecule has 5 aromatic rings. The Bertz CT molecular complexity index is 1610. The van der Waals surface area contributed by atoms with E-state index in [2.05, 4.69) is 70.1 Å². The summed E-state index contributed by atoms with van der Waals surface area (Å²) in [6.07, 6.45) is 10.4. The van der Waals surface area contributed by atoms with E-state index in [9.17, 15) is 0 Å². The van der Waals surface area contributed by atoms with Gasteiger partial charge in [0.05, 0.1) is 5.52 Å². The summed E-state index contributed by atoms with van der Waals surface area (Å²) in [5.41, 5.74) is 5.53. The Morgan fingerprint density at radius 2 is 1.88 bits per heavy atom. The second-order valence-electron chi connectivity index (χ2n) is 10.8. The summed E-state index contributed by atoms with van der Waals surface area (Å²) < 4.78 is 7.87. The third-order valence-electron chi connectivity index (χ3n) is 7.41. The molecule has 9 nitrogen and oxygen atoms in total. The molecule has 0 aliphatic carbocycles. The van der Waals surface area contributed by atoms with Crippen molar-refractivity contribution in [3.63, 3.8) is 0 Å². The highest BCUT2D eigenvalue weighted by molar-refractivity contribution is 5.89. The van der Waals surface area contributed by atoms with Crippen LogP contribution in [0.1, 0.15) is 64.5 Å². The number of pyridine rings is 2. The van der Waals surface area contributed by atoms with Gasteiger partial charge in [-0.2, -0.15) is 5.10 Å². The zero-order chi connectivity index (χ0) is 28.8. The molecule has 0 fully saturated rings. The number of unbranched alkanes of at least 4 members (excludes halogenated alkanes) is 1. The Morgan fingerprint density at radius 3 is 2.66 bits per heavy atom. The first kappa shape index (κ1) is 28.3. The molecule has 1 unspecified atom stereocenters. The smallest absolute Gasteiger partial charge is 0.160 e. The molecule has 4 aromatic heterocycles. The highest BCUT2D eigenvalue weighted by atomic mass is 16.5. The van der Waals surface area contributed by atoms with Gasteiger partial charge in [0, 0.05) is 31.0 Å². The fraction of sp³-hybridized carbons (Fsp3) is 0.406. The largest absolute Gasteiger partial charge is 0.457 e. The number of fused-ring (bicyclic) bond motifs is 2. The van der Waals surface area contributed by atoms with Crippen LogP contribution in [0.15, 0.2) is 55.2 Å². The number of anilines is 3. The highest BCUT2D eigenvalue weighted by Gasteiger charge is 2.18. The summed E-state index contributed by atoms with van der Waals surface area (Å²) in [7, 11) is 0. The van der Waals surface area contributed by atoms with Crippen molar-refractivity contribution in [1.29, 1.82) is 0 Å². The number of benzene rings is 1. The Kier molecular flexibility index (Phi) is 8.91. The van der Waals surface area contributed by atoms with Gasteiger partial charge in [0.2, 0.25) is 0 Å². The molecule has 1 aromatic carbocycles. The quantitative estimate of drug-likeness (QED) is 0.160. The van der Waals surface area contributed by atoms with Crippen molar-refractivity contribution in [3.05, 3.63) is 66.4 Å². The summed E-state index contributed by atoms with van der Waals surface area (Å²) in [6, 6.07) is 12.0. The van der Waals surface area contributed by atoms with Crippen LogP contribution in [0.4, 0.5) is 17.3 Å². The topological polar surface area (TPSA) is 93.4 Å². The average molecular weight is 553 g/mol. The van der Waals surface area contributed by atoms with E-state index in [-0.39, 0.29) is 0 Å². The molecule has 0 amide bonds. The van der Waals surface area contributed by atoms with Crippen LogP contribution in [0, 0.1) is 12.8 Å². The Balaban J connectivity index is 1.44. The number of hydrogen-bond acceptors (Lipinski definition) is 8. The van der Waals surface area contributed by atoms with Gasteiger partial charge in [-0.3, -0.25) is 0 Å². The molecule has 0 aliphatic rings. The highest BCUT2D eigenvalue weighted by Crippen LogP contribution is 2.32. The second kappa shape index (κ2) is 12.9. The molecule has 4 heterocycles. The van der Waals surface area contributed by atoms with Crippen molar-refractivity contribution in [1.82, 2.24) is 29.5 Å². The first-order valence-corrected chi connectivity index (χ1v) is 14.7. The molecule has 0 saturated carbocycles. The van der Waals surface area contributed by atoms with Crippen LogP contribution in [0.25, 0.3) is 16.7 Å². The number of aryl methyl sites for hydroxylation is 2. The number of rotatable bonds is 13. The van der Waals surface area contributed by atoms with Crippen LogP contribution in [0.3, 0.4) is 0 Å². The summed E-state index contributed by atoms with van der Waals surface area (Å²) in [5.74, 6) is 3.83. The van der Waals surface area contributed by atoms with Crippen molar-refractivity contribution in [3.8, 4) is 11.5 Å². The molecule has 5 rings (SSSR count). The van der Waals surface area contributed by atoms with Crippen molar-refractivity contribution in [2.75, 3.05) is 23.3 Å². The third-order valence-corrected chi connectivity index (χ3v) is 7.41. The van der Waals surface area contributed by atoms with Gasteiger partial charge in [-0.05, 0) is 67.1 Å². The van der Waals surface area contributed by atoms with E-state index in [0.29, 0.717) is 17.5 Å². The van der Waals surface area contributed by atoms with Crippen LogP contribution in [-0.4, -0.2) is 42.6 Å². The number of hydrogen-bond donors (Lipinski definition) is 1. The van der Waals surface area contributed by atoms with Crippen LogP contribution in [0.5, 0.6) is 11.5 Å². The normalized spacial score (nSPS) is 12.1. The lowest BCUT2D eigenvalue weighted by Gasteiger charge is -2.29. The fourth-order valence-corrected chi connectivity index (χ4v) is 4.94. The van der Waals surface area contributed by atoms with Crippen molar-refractivity contribution in [2.24, 2.45) is 5.92 Å². The molecule has 41 heavy (non-hydrogen) atoms. The van der Waals surface area contributed by atoms with E-state index in [0.717, 1.165) is 84.7 Å². The zero-order valence-electron chi connectivity index (χ0n) is 24.8. The molecule has 0 saturated heterocycles. The number of aromatic nitrogens is 6. The van der Waals surface area contributed by atoms with Gasteiger partial charge in [0.25, 0.3) is 0 Å².